The molecule has 18 heavy (non-hydrogen) atoms. The highest BCUT2D eigenvalue weighted by atomic mass is 16.1. The van der Waals surface area contributed by atoms with Crippen molar-refractivity contribution in [1.29, 1.82) is 0 Å². The maximum Gasteiger partial charge on any atom is 0.220 e. The third-order valence-electron chi connectivity index (χ3n) is 2.93. The predicted octanol–water partition coefficient (Wildman–Crippen LogP) is 3.10. The monoisotopic (exact) mass is 256 g/mol. The van der Waals surface area contributed by atoms with Gasteiger partial charge in [0.1, 0.15) is 0 Å². The summed E-state index contributed by atoms with van der Waals surface area (Å²) in [6.07, 6.45) is 6.48. The lowest BCUT2D eigenvalue weighted by Crippen LogP contribution is -2.25. The Bertz CT molecular complexity index is 203. The molecule has 0 aliphatic carbocycles. The Morgan fingerprint density at radius 2 is 1.56 bits per heavy atom. The minimum atomic E-state index is 0.213. The van der Waals surface area contributed by atoms with Gasteiger partial charge in [0.05, 0.1) is 0 Å². The van der Waals surface area contributed by atoms with E-state index in [0.29, 0.717) is 18.4 Å². The Morgan fingerprint density at radius 3 is 2.11 bits per heavy atom. The quantitative estimate of drug-likeness (QED) is 0.558. The van der Waals surface area contributed by atoms with Crippen LogP contribution in [0.5, 0.6) is 0 Å². The van der Waals surface area contributed by atoms with E-state index in [1.807, 2.05) is 0 Å². The van der Waals surface area contributed by atoms with Gasteiger partial charge in [-0.1, -0.05) is 40.5 Å². The highest BCUT2D eigenvalue weighted by Crippen LogP contribution is 2.03. The summed E-state index contributed by atoms with van der Waals surface area (Å²) in [5, 5.41) is 6.40. The Balaban J connectivity index is 3.17. The van der Waals surface area contributed by atoms with Crippen LogP contribution in [0.15, 0.2) is 0 Å². The number of rotatable bonds is 11. The zero-order valence-corrected chi connectivity index (χ0v) is 12.7. The lowest BCUT2D eigenvalue weighted by molar-refractivity contribution is -0.121. The van der Waals surface area contributed by atoms with E-state index in [2.05, 4.69) is 38.3 Å². The third kappa shape index (κ3) is 13.5. The number of hydrogen-bond donors (Lipinski definition) is 2. The minimum absolute atomic E-state index is 0.213. The molecule has 0 aromatic carbocycles. The number of hydrogen-bond acceptors (Lipinski definition) is 2. The normalized spacial score (nSPS) is 11.2. The average Bonchev–Trinajstić information content (AvgIpc) is 2.29. The van der Waals surface area contributed by atoms with Gasteiger partial charge >= 0.3 is 0 Å². The van der Waals surface area contributed by atoms with Crippen molar-refractivity contribution in [3.8, 4) is 0 Å². The molecule has 0 bridgehead atoms. The van der Waals surface area contributed by atoms with Crippen molar-refractivity contribution in [3.63, 3.8) is 0 Å². The van der Waals surface area contributed by atoms with Crippen molar-refractivity contribution < 1.29 is 4.79 Å². The maximum absolute atomic E-state index is 11.4. The van der Waals surface area contributed by atoms with Gasteiger partial charge in [-0.3, -0.25) is 4.79 Å². The summed E-state index contributed by atoms with van der Waals surface area (Å²) in [5.74, 6) is 0.828. The highest BCUT2D eigenvalue weighted by Gasteiger charge is 2.02. The molecule has 0 aromatic heterocycles. The van der Waals surface area contributed by atoms with Crippen molar-refractivity contribution in [2.24, 2.45) is 5.92 Å². The first-order valence-corrected chi connectivity index (χ1v) is 7.52. The van der Waals surface area contributed by atoms with Crippen LogP contribution in [-0.4, -0.2) is 25.0 Å². The first-order valence-electron chi connectivity index (χ1n) is 7.52. The van der Waals surface area contributed by atoms with E-state index in [1.165, 1.54) is 19.3 Å². The molecule has 0 unspecified atom stereocenters. The summed E-state index contributed by atoms with van der Waals surface area (Å²) in [4.78, 5) is 11.4. The fourth-order valence-corrected chi connectivity index (χ4v) is 1.73. The predicted molar refractivity (Wildman–Crippen MR) is 78.7 cm³/mol. The van der Waals surface area contributed by atoms with Gasteiger partial charge in [0, 0.05) is 19.0 Å². The molecular formula is C15H32N2O. The van der Waals surface area contributed by atoms with E-state index in [0.717, 1.165) is 25.9 Å². The largest absolute Gasteiger partial charge is 0.356 e. The molecule has 0 heterocycles. The Morgan fingerprint density at radius 1 is 0.944 bits per heavy atom. The van der Waals surface area contributed by atoms with E-state index in [-0.39, 0.29) is 5.91 Å². The van der Waals surface area contributed by atoms with Gasteiger partial charge in [0.15, 0.2) is 0 Å². The van der Waals surface area contributed by atoms with Gasteiger partial charge in [-0.25, -0.2) is 0 Å². The molecule has 2 N–H and O–H groups in total. The zero-order valence-electron chi connectivity index (χ0n) is 12.7. The van der Waals surface area contributed by atoms with Crippen LogP contribution in [-0.2, 0) is 4.79 Å². The minimum Gasteiger partial charge on any atom is -0.356 e. The van der Waals surface area contributed by atoms with E-state index in [9.17, 15) is 4.79 Å². The van der Waals surface area contributed by atoms with Crippen molar-refractivity contribution in [3.05, 3.63) is 0 Å². The van der Waals surface area contributed by atoms with Crippen molar-refractivity contribution in [1.82, 2.24) is 10.6 Å². The van der Waals surface area contributed by atoms with E-state index in [4.69, 9.17) is 0 Å². The van der Waals surface area contributed by atoms with Crippen molar-refractivity contribution >= 4 is 5.91 Å². The summed E-state index contributed by atoms with van der Waals surface area (Å²) in [6.45, 7) is 10.6. The molecule has 3 heteroatoms. The van der Waals surface area contributed by atoms with E-state index >= 15 is 0 Å². The molecule has 0 aliphatic rings. The summed E-state index contributed by atoms with van der Waals surface area (Å²) < 4.78 is 0. The van der Waals surface area contributed by atoms with Crippen molar-refractivity contribution in [2.45, 2.75) is 72.3 Å². The van der Waals surface area contributed by atoms with Crippen LogP contribution in [0, 0.1) is 5.92 Å². The Hall–Kier alpha value is -0.570. The second-order valence-electron chi connectivity index (χ2n) is 5.81. The standard InChI is InChI=1S/C15H32N2O/c1-13(2)9-10-15(18)17-12-8-6-5-7-11-16-14(3)4/h13-14,16H,5-12H2,1-4H3,(H,17,18). The molecule has 0 rings (SSSR count). The molecule has 0 spiro atoms. The first-order chi connectivity index (χ1) is 8.52. The maximum atomic E-state index is 11.4. The number of nitrogens with one attached hydrogen (secondary N) is 2. The fourth-order valence-electron chi connectivity index (χ4n) is 1.73. The average molecular weight is 256 g/mol. The molecule has 0 radical (unpaired) electrons. The summed E-state index contributed by atoms with van der Waals surface area (Å²) in [6, 6.07) is 0.588. The van der Waals surface area contributed by atoms with Gasteiger partial charge in [0.25, 0.3) is 0 Å². The topological polar surface area (TPSA) is 41.1 Å². The van der Waals surface area contributed by atoms with Crippen LogP contribution in [0.2, 0.25) is 0 Å². The summed E-state index contributed by atoms with van der Waals surface area (Å²) in [7, 11) is 0. The number of amides is 1. The van der Waals surface area contributed by atoms with Gasteiger partial charge in [0.2, 0.25) is 5.91 Å². The SMILES string of the molecule is CC(C)CCC(=O)NCCCCCCNC(C)C. The summed E-state index contributed by atoms with van der Waals surface area (Å²) in [5.41, 5.74) is 0. The molecule has 0 fully saturated rings. The molecule has 0 aliphatic heterocycles. The molecule has 0 saturated carbocycles. The first kappa shape index (κ1) is 17.4. The Labute approximate surface area is 113 Å². The Kier molecular flexibility index (Phi) is 11.2. The second-order valence-corrected chi connectivity index (χ2v) is 5.81. The lowest BCUT2D eigenvalue weighted by atomic mass is 10.1. The molecular weight excluding hydrogens is 224 g/mol. The molecule has 1 amide bonds. The molecule has 0 aromatic rings. The summed E-state index contributed by atoms with van der Waals surface area (Å²) >= 11 is 0. The van der Waals surface area contributed by atoms with Gasteiger partial charge in [-0.05, 0) is 31.7 Å². The van der Waals surface area contributed by atoms with Crippen LogP contribution in [0.25, 0.3) is 0 Å². The van der Waals surface area contributed by atoms with Crippen LogP contribution in [0.1, 0.15) is 66.2 Å². The molecule has 0 atom stereocenters. The van der Waals surface area contributed by atoms with Gasteiger partial charge in [-0.2, -0.15) is 0 Å². The van der Waals surface area contributed by atoms with Crippen molar-refractivity contribution in [2.75, 3.05) is 13.1 Å². The lowest BCUT2D eigenvalue weighted by Gasteiger charge is -2.08. The second kappa shape index (κ2) is 11.5. The van der Waals surface area contributed by atoms with Crippen LogP contribution >= 0.6 is 0 Å². The number of carbonyl (C=O) groups is 1. The van der Waals surface area contributed by atoms with E-state index < -0.39 is 0 Å². The van der Waals surface area contributed by atoms with Crippen LogP contribution in [0.3, 0.4) is 0 Å². The third-order valence-corrected chi connectivity index (χ3v) is 2.93. The van der Waals surface area contributed by atoms with Gasteiger partial charge < -0.3 is 10.6 Å². The molecule has 0 saturated heterocycles. The fraction of sp³-hybridized carbons (Fsp3) is 0.933. The smallest absolute Gasteiger partial charge is 0.220 e. The van der Waals surface area contributed by atoms with E-state index in [1.54, 1.807) is 0 Å². The zero-order chi connectivity index (χ0) is 13.8. The van der Waals surface area contributed by atoms with Crippen LogP contribution < -0.4 is 10.6 Å². The molecule has 108 valence electrons. The highest BCUT2D eigenvalue weighted by molar-refractivity contribution is 5.75. The number of unbranched alkanes of at least 4 members (excludes halogenated alkanes) is 3. The van der Waals surface area contributed by atoms with Crippen LogP contribution in [0.4, 0.5) is 0 Å². The van der Waals surface area contributed by atoms with Gasteiger partial charge in [-0.15, -0.1) is 0 Å². The number of carbonyl (C=O) groups excluding carboxylic acids is 1. The molecule has 3 nitrogen and oxygen atoms in total.